The standard InChI is InChI=1S/C31H38FNO3/c1-5-8-21-11-14-24(15-12-21)27(23-9-6-7-10-23)28(34)33-26-19-22(13-16-25(26)32)20-31(17-18-31)29(35)36-30(2,3)4/h5,8,11-16,19,23,27H,6-7,9-10,17-18,20H2,1-4H3,(H,33,34)/b8-5+. The molecule has 1 amide bonds. The van der Waals surface area contributed by atoms with Crippen molar-refractivity contribution in [3.05, 3.63) is 71.0 Å². The topological polar surface area (TPSA) is 55.4 Å². The van der Waals surface area contributed by atoms with E-state index in [9.17, 15) is 14.0 Å². The minimum atomic E-state index is -0.548. The number of esters is 1. The number of rotatable bonds is 8. The molecule has 0 saturated heterocycles. The number of carbonyl (C=O) groups excluding carboxylic acids is 2. The van der Waals surface area contributed by atoms with Crippen LogP contribution in [0.5, 0.6) is 0 Å². The number of benzene rings is 2. The van der Waals surface area contributed by atoms with Gasteiger partial charge in [-0.1, -0.05) is 55.3 Å². The van der Waals surface area contributed by atoms with E-state index in [1.165, 1.54) is 6.07 Å². The SMILES string of the molecule is C/C=C/c1ccc(C(C(=O)Nc2cc(CC3(C(=O)OC(C)(C)C)CC3)ccc2F)C2CCCC2)cc1. The molecule has 0 heterocycles. The number of carbonyl (C=O) groups is 2. The van der Waals surface area contributed by atoms with Gasteiger partial charge < -0.3 is 10.1 Å². The van der Waals surface area contributed by atoms with E-state index in [2.05, 4.69) is 5.32 Å². The third-order valence-corrected chi connectivity index (χ3v) is 7.33. The summed E-state index contributed by atoms with van der Waals surface area (Å²) < 4.78 is 20.5. The smallest absolute Gasteiger partial charge is 0.312 e. The van der Waals surface area contributed by atoms with Crippen molar-refractivity contribution in [1.29, 1.82) is 0 Å². The maximum absolute atomic E-state index is 14.8. The fourth-order valence-electron chi connectivity index (χ4n) is 5.30. The molecule has 2 fully saturated rings. The summed E-state index contributed by atoms with van der Waals surface area (Å²) >= 11 is 0. The quantitative estimate of drug-likeness (QED) is 0.391. The van der Waals surface area contributed by atoms with Crippen LogP contribution in [0.15, 0.2) is 48.5 Å². The van der Waals surface area contributed by atoms with Crippen molar-refractivity contribution in [3.8, 4) is 0 Å². The number of hydrogen-bond acceptors (Lipinski definition) is 3. The highest BCUT2D eigenvalue weighted by Crippen LogP contribution is 2.50. The number of halogens is 1. The highest BCUT2D eigenvalue weighted by Gasteiger charge is 2.52. The molecule has 1 atom stereocenters. The minimum Gasteiger partial charge on any atom is -0.460 e. The average molecular weight is 492 g/mol. The zero-order valence-corrected chi connectivity index (χ0v) is 21.9. The molecule has 36 heavy (non-hydrogen) atoms. The molecule has 1 N–H and O–H groups in total. The predicted molar refractivity (Wildman–Crippen MR) is 142 cm³/mol. The Labute approximate surface area is 214 Å². The first-order chi connectivity index (χ1) is 17.1. The van der Waals surface area contributed by atoms with E-state index in [1.807, 2.05) is 64.1 Å². The summed E-state index contributed by atoms with van der Waals surface area (Å²) in [6.07, 6.45) is 10.2. The van der Waals surface area contributed by atoms with Gasteiger partial charge in [-0.05, 0) is 94.5 Å². The first kappa shape index (κ1) is 26.1. The van der Waals surface area contributed by atoms with E-state index in [0.29, 0.717) is 6.42 Å². The van der Waals surface area contributed by atoms with Gasteiger partial charge in [0.15, 0.2) is 0 Å². The number of nitrogens with one attached hydrogen (secondary N) is 1. The molecule has 2 aliphatic rings. The van der Waals surface area contributed by atoms with Gasteiger partial charge >= 0.3 is 5.97 Å². The second-order valence-corrected chi connectivity index (χ2v) is 11.5. The van der Waals surface area contributed by atoms with Crippen molar-refractivity contribution in [1.82, 2.24) is 0 Å². The minimum absolute atomic E-state index is 0.172. The molecule has 2 saturated carbocycles. The predicted octanol–water partition coefficient (Wildman–Crippen LogP) is 7.44. The molecule has 0 spiro atoms. The van der Waals surface area contributed by atoms with Crippen LogP contribution in [0.2, 0.25) is 0 Å². The van der Waals surface area contributed by atoms with Crippen LogP contribution in [-0.2, 0) is 20.7 Å². The Balaban J connectivity index is 1.53. The molecule has 2 aromatic carbocycles. The summed E-state index contributed by atoms with van der Waals surface area (Å²) in [5.74, 6) is -0.933. The van der Waals surface area contributed by atoms with E-state index in [1.54, 1.807) is 12.1 Å². The molecular formula is C31H38FNO3. The number of hydrogen-bond donors (Lipinski definition) is 1. The van der Waals surface area contributed by atoms with Crippen LogP contribution < -0.4 is 5.32 Å². The molecule has 192 valence electrons. The van der Waals surface area contributed by atoms with Crippen molar-refractivity contribution >= 4 is 23.6 Å². The van der Waals surface area contributed by atoms with Crippen LogP contribution in [0.3, 0.4) is 0 Å². The van der Waals surface area contributed by atoms with Crippen molar-refractivity contribution in [2.75, 3.05) is 5.32 Å². The van der Waals surface area contributed by atoms with Gasteiger partial charge in [-0.25, -0.2) is 4.39 Å². The normalized spacial score (nSPS) is 18.2. The summed E-state index contributed by atoms with van der Waals surface area (Å²) in [4.78, 5) is 26.3. The molecule has 2 aliphatic carbocycles. The lowest BCUT2D eigenvalue weighted by molar-refractivity contribution is -0.161. The highest BCUT2D eigenvalue weighted by molar-refractivity contribution is 5.96. The van der Waals surface area contributed by atoms with Crippen molar-refractivity contribution in [2.45, 2.75) is 84.2 Å². The first-order valence-electron chi connectivity index (χ1n) is 13.2. The van der Waals surface area contributed by atoms with Gasteiger partial charge in [-0.15, -0.1) is 0 Å². The Morgan fingerprint density at radius 2 is 1.78 bits per heavy atom. The zero-order chi connectivity index (χ0) is 25.9. The monoisotopic (exact) mass is 491 g/mol. The Kier molecular flexibility index (Phi) is 7.67. The lowest BCUT2D eigenvalue weighted by Gasteiger charge is -2.25. The number of allylic oxidation sites excluding steroid dienone is 1. The van der Waals surface area contributed by atoms with E-state index >= 15 is 0 Å². The number of ether oxygens (including phenoxy) is 1. The van der Waals surface area contributed by atoms with Gasteiger partial charge in [-0.2, -0.15) is 0 Å². The van der Waals surface area contributed by atoms with Crippen LogP contribution >= 0.6 is 0 Å². The Hall–Kier alpha value is -2.95. The summed E-state index contributed by atoms with van der Waals surface area (Å²) in [5.41, 5.74) is 1.95. The molecule has 0 radical (unpaired) electrons. The lowest BCUT2D eigenvalue weighted by atomic mass is 9.83. The fraction of sp³-hybridized carbons (Fsp3) is 0.484. The zero-order valence-electron chi connectivity index (χ0n) is 21.9. The van der Waals surface area contributed by atoms with Gasteiger partial charge in [-0.3, -0.25) is 9.59 Å². The second kappa shape index (κ2) is 10.6. The largest absolute Gasteiger partial charge is 0.460 e. The van der Waals surface area contributed by atoms with Gasteiger partial charge in [0.2, 0.25) is 5.91 Å². The van der Waals surface area contributed by atoms with Gasteiger partial charge in [0.25, 0.3) is 0 Å². The Morgan fingerprint density at radius 3 is 2.36 bits per heavy atom. The summed E-state index contributed by atoms with van der Waals surface area (Å²) in [6.45, 7) is 7.56. The molecule has 4 rings (SSSR count). The Morgan fingerprint density at radius 1 is 1.11 bits per heavy atom. The first-order valence-corrected chi connectivity index (χ1v) is 13.2. The lowest BCUT2D eigenvalue weighted by Crippen LogP contribution is -2.31. The summed E-state index contributed by atoms with van der Waals surface area (Å²) in [6, 6.07) is 12.8. The number of anilines is 1. The summed E-state index contributed by atoms with van der Waals surface area (Å²) in [7, 11) is 0. The molecular weight excluding hydrogens is 453 g/mol. The van der Waals surface area contributed by atoms with Crippen LogP contribution in [0.4, 0.5) is 10.1 Å². The van der Waals surface area contributed by atoms with Crippen LogP contribution in [0, 0.1) is 17.2 Å². The van der Waals surface area contributed by atoms with Crippen LogP contribution in [-0.4, -0.2) is 17.5 Å². The van der Waals surface area contributed by atoms with Gasteiger partial charge in [0, 0.05) is 0 Å². The molecule has 4 nitrogen and oxygen atoms in total. The average Bonchev–Trinajstić information content (AvgIpc) is 3.40. The number of amides is 1. The molecule has 2 aromatic rings. The van der Waals surface area contributed by atoms with Gasteiger partial charge in [0.1, 0.15) is 11.4 Å². The molecule has 0 aliphatic heterocycles. The van der Waals surface area contributed by atoms with Crippen molar-refractivity contribution in [3.63, 3.8) is 0 Å². The summed E-state index contributed by atoms with van der Waals surface area (Å²) in [5, 5.41) is 2.90. The second-order valence-electron chi connectivity index (χ2n) is 11.5. The van der Waals surface area contributed by atoms with E-state index in [4.69, 9.17) is 4.74 Å². The third-order valence-electron chi connectivity index (χ3n) is 7.33. The van der Waals surface area contributed by atoms with Crippen molar-refractivity contribution < 1.29 is 18.7 Å². The third kappa shape index (κ3) is 6.24. The van der Waals surface area contributed by atoms with E-state index < -0.39 is 16.8 Å². The molecule has 0 aromatic heterocycles. The maximum atomic E-state index is 14.8. The molecule has 1 unspecified atom stereocenters. The maximum Gasteiger partial charge on any atom is 0.312 e. The highest BCUT2D eigenvalue weighted by atomic mass is 19.1. The van der Waals surface area contributed by atoms with Crippen LogP contribution in [0.25, 0.3) is 6.08 Å². The fourth-order valence-corrected chi connectivity index (χ4v) is 5.30. The van der Waals surface area contributed by atoms with Gasteiger partial charge in [0.05, 0.1) is 17.0 Å². The van der Waals surface area contributed by atoms with Crippen molar-refractivity contribution in [2.24, 2.45) is 11.3 Å². The van der Waals surface area contributed by atoms with E-state index in [0.717, 1.165) is 55.2 Å². The van der Waals surface area contributed by atoms with Crippen LogP contribution in [0.1, 0.15) is 88.8 Å². The Bertz CT molecular complexity index is 1120. The van der Waals surface area contributed by atoms with E-state index in [-0.39, 0.29) is 29.4 Å². The molecule has 0 bridgehead atoms. The molecule has 5 heteroatoms.